The second kappa shape index (κ2) is 10.2. The second-order valence-corrected chi connectivity index (χ2v) is 9.10. The zero-order valence-electron chi connectivity index (χ0n) is 15.7. The molecule has 0 saturated heterocycles. The highest BCUT2D eigenvalue weighted by Gasteiger charge is 2.19. The molecule has 0 unspecified atom stereocenters. The van der Waals surface area contributed by atoms with E-state index in [0.29, 0.717) is 26.7 Å². The van der Waals surface area contributed by atoms with Crippen molar-refractivity contribution in [3.63, 3.8) is 0 Å². The van der Waals surface area contributed by atoms with Crippen molar-refractivity contribution in [2.45, 2.75) is 57.1 Å². The third-order valence-electron chi connectivity index (χ3n) is 4.92. The highest BCUT2D eigenvalue weighted by Crippen LogP contribution is 2.32. The van der Waals surface area contributed by atoms with Gasteiger partial charge in [-0.25, -0.2) is 0 Å². The van der Waals surface area contributed by atoms with E-state index in [-0.39, 0.29) is 11.7 Å². The molecule has 1 aliphatic rings. The Morgan fingerprint density at radius 2 is 1.86 bits per heavy atom. The molecule has 152 valence electrons. The molecular weight excluding hydrogens is 439 g/mol. The average molecular weight is 462 g/mol. The molecule has 0 bridgehead atoms. The molecule has 1 fully saturated rings. The van der Waals surface area contributed by atoms with Crippen LogP contribution in [0.1, 0.15) is 44.9 Å². The fraction of sp³-hybridized carbons (Fsp3) is 0.526. The van der Waals surface area contributed by atoms with Gasteiger partial charge in [-0.05, 0) is 25.0 Å². The van der Waals surface area contributed by atoms with Gasteiger partial charge in [-0.1, -0.05) is 78.7 Å². The number of amides is 1. The van der Waals surface area contributed by atoms with E-state index in [0.717, 1.165) is 23.9 Å². The Bertz CT molecular complexity index is 837. The minimum absolute atomic E-state index is 0.190. The molecular formula is C19H23Cl3N4OS. The summed E-state index contributed by atoms with van der Waals surface area (Å²) in [6.45, 7) is 2.87. The van der Waals surface area contributed by atoms with Crippen LogP contribution in [0.3, 0.4) is 0 Å². The van der Waals surface area contributed by atoms with Gasteiger partial charge in [-0.2, -0.15) is 0 Å². The second-order valence-electron chi connectivity index (χ2n) is 6.93. The molecule has 0 atom stereocenters. The van der Waals surface area contributed by atoms with E-state index in [2.05, 4.69) is 27.0 Å². The Kier molecular flexibility index (Phi) is 7.92. The lowest BCUT2D eigenvalue weighted by Crippen LogP contribution is -2.16. The summed E-state index contributed by atoms with van der Waals surface area (Å²) < 4.78 is 2.11. The Balaban J connectivity index is 1.59. The van der Waals surface area contributed by atoms with Crippen LogP contribution in [0, 0.1) is 5.92 Å². The van der Waals surface area contributed by atoms with Crippen LogP contribution in [0.15, 0.2) is 17.3 Å². The van der Waals surface area contributed by atoms with Gasteiger partial charge in [0.05, 0.1) is 26.5 Å². The lowest BCUT2D eigenvalue weighted by Gasteiger charge is -2.21. The number of nitrogens with one attached hydrogen (secondary N) is 1. The Labute approximate surface area is 184 Å². The number of carbonyl (C=O) groups is 1. The molecule has 3 rings (SSSR count). The maximum Gasteiger partial charge on any atom is 0.234 e. The SMILES string of the molecule is CCn1c(CC2CCCCC2)nnc1SCC(=O)Nc1cc(Cl)c(Cl)cc1Cl. The summed E-state index contributed by atoms with van der Waals surface area (Å²) in [7, 11) is 0. The predicted octanol–water partition coefficient (Wildman–Crippen LogP) is 6.11. The maximum atomic E-state index is 12.3. The topological polar surface area (TPSA) is 59.8 Å². The number of aromatic nitrogens is 3. The average Bonchev–Trinajstić information content (AvgIpc) is 3.06. The zero-order chi connectivity index (χ0) is 20.1. The number of carbonyl (C=O) groups excluding carboxylic acids is 1. The normalized spacial score (nSPS) is 15.0. The quantitative estimate of drug-likeness (QED) is 0.399. The summed E-state index contributed by atoms with van der Waals surface area (Å²) >= 11 is 19.4. The van der Waals surface area contributed by atoms with Crippen molar-refractivity contribution < 1.29 is 4.79 Å². The van der Waals surface area contributed by atoms with Crippen molar-refractivity contribution in [1.82, 2.24) is 14.8 Å². The summed E-state index contributed by atoms with van der Waals surface area (Å²) in [5.74, 6) is 1.73. The number of anilines is 1. The number of halogens is 3. The first-order valence-corrected chi connectivity index (χ1v) is 11.6. The smallest absolute Gasteiger partial charge is 0.234 e. The van der Waals surface area contributed by atoms with Gasteiger partial charge in [0, 0.05) is 13.0 Å². The highest BCUT2D eigenvalue weighted by molar-refractivity contribution is 7.99. The van der Waals surface area contributed by atoms with E-state index in [1.807, 2.05) is 0 Å². The Morgan fingerprint density at radius 1 is 1.14 bits per heavy atom. The minimum Gasteiger partial charge on any atom is -0.324 e. The first-order valence-electron chi connectivity index (χ1n) is 9.47. The number of hydrogen-bond acceptors (Lipinski definition) is 4. The van der Waals surface area contributed by atoms with Crippen molar-refractivity contribution in [2.24, 2.45) is 5.92 Å². The summed E-state index contributed by atoms with van der Waals surface area (Å²) in [6.07, 6.45) is 7.47. The Hall–Kier alpha value is -0.950. The van der Waals surface area contributed by atoms with Gasteiger partial charge in [-0.15, -0.1) is 10.2 Å². The number of rotatable bonds is 7. The monoisotopic (exact) mass is 460 g/mol. The Morgan fingerprint density at radius 3 is 2.57 bits per heavy atom. The fourth-order valence-corrected chi connectivity index (χ4v) is 4.89. The largest absolute Gasteiger partial charge is 0.324 e. The molecule has 0 radical (unpaired) electrons. The van der Waals surface area contributed by atoms with Gasteiger partial charge >= 0.3 is 0 Å². The molecule has 0 aliphatic heterocycles. The standard InChI is InChI=1S/C19H23Cl3N4OS/c1-2-26-17(8-12-6-4-3-5-7-12)24-25-19(26)28-11-18(27)23-16-10-14(21)13(20)9-15(16)22/h9-10,12H,2-8,11H2,1H3,(H,23,27). The number of benzene rings is 1. The van der Waals surface area contributed by atoms with E-state index < -0.39 is 0 Å². The molecule has 1 amide bonds. The third kappa shape index (κ3) is 5.56. The molecule has 1 aromatic heterocycles. The maximum absolute atomic E-state index is 12.3. The molecule has 2 aromatic rings. The lowest BCUT2D eigenvalue weighted by atomic mass is 9.87. The number of thioether (sulfide) groups is 1. The van der Waals surface area contributed by atoms with Crippen molar-refractivity contribution in [1.29, 1.82) is 0 Å². The summed E-state index contributed by atoms with van der Waals surface area (Å²) in [4.78, 5) is 12.3. The minimum atomic E-state index is -0.190. The number of nitrogens with zero attached hydrogens (tertiary/aromatic N) is 3. The van der Waals surface area contributed by atoms with Crippen LogP contribution < -0.4 is 5.32 Å². The van der Waals surface area contributed by atoms with Gasteiger partial charge < -0.3 is 9.88 Å². The van der Waals surface area contributed by atoms with Gasteiger partial charge in [0.1, 0.15) is 5.82 Å². The van der Waals surface area contributed by atoms with Crippen LogP contribution in [0.4, 0.5) is 5.69 Å². The van der Waals surface area contributed by atoms with Gasteiger partial charge in [-0.3, -0.25) is 4.79 Å². The molecule has 5 nitrogen and oxygen atoms in total. The van der Waals surface area contributed by atoms with Crippen molar-refractivity contribution in [3.8, 4) is 0 Å². The summed E-state index contributed by atoms with van der Waals surface area (Å²) in [5.41, 5.74) is 0.441. The van der Waals surface area contributed by atoms with E-state index in [1.54, 1.807) is 6.07 Å². The van der Waals surface area contributed by atoms with Crippen LogP contribution in [-0.4, -0.2) is 26.4 Å². The predicted molar refractivity (Wildman–Crippen MR) is 117 cm³/mol. The van der Waals surface area contributed by atoms with Gasteiger partial charge in [0.15, 0.2) is 5.16 Å². The van der Waals surface area contributed by atoms with E-state index in [1.165, 1.54) is 49.9 Å². The first-order chi connectivity index (χ1) is 13.5. The molecule has 9 heteroatoms. The fourth-order valence-electron chi connectivity index (χ4n) is 3.48. The summed E-state index contributed by atoms with van der Waals surface area (Å²) in [6, 6.07) is 3.06. The molecule has 1 saturated carbocycles. The van der Waals surface area contributed by atoms with Gasteiger partial charge in [0.2, 0.25) is 5.91 Å². The van der Waals surface area contributed by atoms with Crippen LogP contribution >= 0.6 is 46.6 Å². The van der Waals surface area contributed by atoms with Crippen LogP contribution in [-0.2, 0) is 17.8 Å². The lowest BCUT2D eigenvalue weighted by molar-refractivity contribution is -0.113. The molecule has 1 aromatic carbocycles. The van der Waals surface area contributed by atoms with Crippen LogP contribution in [0.2, 0.25) is 15.1 Å². The molecule has 28 heavy (non-hydrogen) atoms. The van der Waals surface area contributed by atoms with Crippen molar-refractivity contribution in [2.75, 3.05) is 11.1 Å². The first kappa shape index (κ1) is 21.8. The third-order valence-corrected chi connectivity index (χ3v) is 6.92. The highest BCUT2D eigenvalue weighted by atomic mass is 35.5. The van der Waals surface area contributed by atoms with Gasteiger partial charge in [0.25, 0.3) is 0 Å². The zero-order valence-corrected chi connectivity index (χ0v) is 18.8. The molecule has 0 spiro atoms. The van der Waals surface area contributed by atoms with E-state index in [9.17, 15) is 4.79 Å². The molecule has 1 heterocycles. The molecule has 1 N–H and O–H groups in total. The van der Waals surface area contributed by atoms with Crippen LogP contribution in [0.25, 0.3) is 0 Å². The van der Waals surface area contributed by atoms with Crippen molar-refractivity contribution >= 4 is 58.2 Å². The van der Waals surface area contributed by atoms with Crippen LogP contribution in [0.5, 0.6) is 0 Å². The molecule has 1 aliphatic carbocycles. The number of hydrogen-bond donors (Lipinski definition) is 1. The van der Waals surface area contributed by atoms with Crippen molar-refractivity contribution in [3.05, 3.63) is 33.0 Å². The van der Waals surface area contributed by atoms with E-state index in [4.69, 9.17) is 34.8 Å². The van der Waals surface area contributed by atoms with E-state index >= 15 is 0 Å². The summed E-state index contributed by atoms with van der Waals surface area (Å²) in [5, 5.41) is 13.3.